The molecule has 0 fully saturated rings. The minimum atomic E-state index is 0.343. The average Bonchev–Trinajstić information content (AvgIpc) is 2.32. The van der Waals surface area contributed by atoms with E-state index >= 15 is 0 Å². The summed E-state index contributed by atoms with van der Waals surface area (Å²) in [7, 11) is 0. The molecule has 0 spiro atoms. The molecular weight excluding hydrogens is 357 g/mol. The Kier molecular flexibility index (Phi) is 4.13. The zero-order chi connectivity index (χ0) is 13.1. The van der Waals surface area contributed by atoms with Crippen molar-refractivity contribution < 1.29 is 0 Å². The fourth-order valence-electron chi connectivity index (χ4n) is 1.54. The lowest BCUT2D eigenvalue weighted by Crippen LogP contribution is -2.13. The highest BCUT2D eigenvalue weighted by atomic mass is 127. The summed E-state index contributed by atoms with van der Waals surface area (Å²) in [4.78, 5) is 4.79. The van der Waals surface area contributed by atoms with Gasteiger partial charge in [0.1, 0.15) is 10.8 Å². The van der Waals surface area contributed by atoms with E-state index in [9.17, 15) is 0 Å². The standard InChI is InChI=1S/C13H12IN3S/c1-8-6-7-9(12(15)18)13(16-8)17-11-5-3-2-4-10(11)14/h2-7H,1H3,(H2,15,18)(H,16,17). The van der Waals surface area contributed by atoms with Gasteiger partial charge in [0.2, 0.25) is 0 Å². The molecule has 0 saturated heterocycles. The van der Waals surface area contributed by atoms with E-state index in [2.05, 4.69) is 32.9 Å². The third-order valence-corrected chi connectivity index (χ3v) is 3.59. The zero-order valence-corrected chi connectivity index (χ0v) is 12.7. The molecule has 0 radical (unpaired) electrons. The van der Waals surface area contributed by atoms with Gasteiger partial charge in [-0.05, 0) is 53.8 Å². The molecule has 18 heavy (non-hydrogen) atoms. The van der Waals surface area contributed by atoms with Crippen LogP contribution >= 0.6 is 34.8 Å². The number of hydrogen-bond donors (Lipinski definition) is 2. The van der Waals surface area contributed by atoms with E-state index in [4.69, 9.17) is 18.0 Å². The second-order valence-electron chi connectivity index (χ2n) is 3.82. The maximum absolute atomic E-state index is 5.71. The number of para-hydroxylation sites is 1. The quantitative estimate of drug-likeness (QED) is 0.644. The van der Waals surface area contributed by atoms with E-state index in [1.807, 2.05) is 43.3 Å². The molecular formula is C13H12IN3S. The van der Waals surface area contributed by atoms with Crippen LogP contribution in [0.5, 0.6) is 0 Å². The molecule has 3 N–H and O–H groups in total. The zero-order valence-electron chi connectivity index (χ0n) is 9.77. The number of rotatable bonds is 3. The second kappa shape index (κ2) is 5.62. The van der Waals surface area contributed by atoms with Crippen LogP contribution in [0.4, 0.5) is 11.5 Å². The predicted octanol–water partition coefficient (Wildman–Crippen LogP) is 3.37. The lowest BCUT2D eigenvalue weighted by Gasteiger charge is -2.12. The molecule has 0 atom stereocenters. The number of nitrogens with zero attached hydrogens (tertiary/aromatic N) is 1. The smallest absolute Gasteiger partial charge is 0.140 e. The summed E-state index contributed by atoms with van der Waals surface area (Å²) in [6.07, 6.45) is 0. The minimum Gasteiger partial charge on any atom is -0.389 e. The van der Waals surface area contributed by atoms with Gasteiger partial charge in [0.15, 0.2) is 0 Å². The van der Waals surface area contributed by atoms with Gasteiger partial charge in [-0.3, -0.25) is 0 Å². The molecule has 0 aliphatic rings. The molecule has 2 rings (SSSR count). The topological polar surface area (TPSA) is 50.9 Å². The van der Waals surface area contributed by atoms with Crippen LogP contribution in [0.25, 0.3) is 0 Å². The highest BCUT2D eigenvalue weighted by Gasteiger charge is 2.08. The second-order valence-corrected chi connectivity index (χ2v) is 5.42. The van der Waals surface area contributed by atoms with E-state index in [0.717, 1.165) is 20.5 Å². The largest absolute Gasteiger partial charge is 0.389 e. The van der Waals surface area contributed by atoms with Crippen LogP contribution in [0.15, 0.2) is 36.4 Å². The van der Waals surface area contributed by atoms with Crippen molar-refractivity contribution in [3.05, 3.63) is 51.2 Å². The number of nitrogens with two attached hydrogens (primary N) is 1. The van der Waals surface area contributed by atoms with Crippen molar-refractivity contribution in [3.63, 3.8) is 0 Å². The third kappa shape index (κ3) is 2.97. The molecule has 2 aromatic rings. The molecule has 3 nitrogen and oxygen atoms in total. The van der Waals surface area contributed by atoms with Crippen molar-refractivity contribution >= 4 is 51.3 Å². The summed E-state index contributed by atoms with van der Waals surface area (Å²) in [6.45, 7) is 1.94. The van der Waals surface area contributed by atoms with Crippen LogP contribution in [0, 0.1) is 10.5 Å². The van der Waals surface area contributed by atoms with E-state index < -0.39 is 0 Å². The number of anilines is 2. The van der Waals surface area contributed by atoms with Crippen molar-refractivity contribution in [1.82, 2.24) is 4.98 Å². The molecule has 92 valence electrons. The Morgan fingerprint density at radius 3 is 2.67 bits per heavy atom. The Hall–Kier alpha value is -1.21. The Morgan fingerprint density at radius 2 is 2.00 bits per heavy atom. The molecule has 0 aliphatic carbocycles. The Labute approximate surface area is 125 Å². The number of hydrogen-bond acceptors (Lipinski definition) is 3. The van der Waals surface area contributed by atoms with E-state index in [-0.39, 0.29) is 0 Å². The molecule has 0 unspecified atom stereocenters. The first-order valence-corrected chi connectivity index (χ1v) is 6.85. The number of aromatic nitrogens is 1. The first-order valence-electron chi connectivity index (χ1n) is 5.37. The molecule has 0 saturated carbocycles. The molecule has 1 aromatic carbocycles. The minimum absolute atomic E-state index is 0.343. The summed E-state index contributed by atoms with van der Waals surface area (Å²) in [5.41, 5.74) is 8.38. The van der Waals surface area contributed by atoms with E-state index in [1.54, 1.807) is 0 Å². The van der Waals surface area contributed by atoms with Crippen LogP contribution < -0.4 is 11.1 Å². The van der Waals surface area contributed by atoms with Crippen LogP contribution in [-0.4, -0.2) is 9.97 Å². The molecule has 1 heterocycles. The monoisotopic (exact) mass is 369 g/mol. The van der Waals surface area contributed by atoms with Crippen LogP contribution in [0.1, 0.15) is 11.3 Å². The van der Waals surface area contributed by atoms with Gasteiger partial charge in [-0.15, -0.1) is 0 Å². The van der Waals surface area contributed by atoms with Gasteiger partial charge in [0, 0.05) is 9.26 Å². The van der Waals surface area contributed by atoms with E-state index in [1.165, 1.54) is 0 Å². The van der Waals surface area contributed by atoms with Crippen molar-refractivity contribution in [2.24, 2.45) is 5.73 Å². The van der Waals surface area contributed by atoms with Gasteiger partial charge in [0.25, 0.3) is 0 Å². The SMILES string of the molecule is Cc1ccc(C(N)=S)c(Nc2ccccc2I)n1. The first-order chi connectivity index (χ1) is 8.58. The van der Waals surface area contributed by atoms with E-state index in [0.29, 0.717) is 10.8 Å². The van der Waals surface area contributed by atoms with Crippen LogP contribution in [-0.2, 0) is 0 Å². The number of pyridine rings is 1. The van der Waals surface area contributed by atoms with Crippen molar-refractivity contribution in [1.29, 1.82) is 0 Å². The third-order valence-electron chi connectivity index (χ3n) is 2.43. The molecule has 0 bridgehead atoms. The summed E-state index contributed by atoms with van der Waals surface area (Å²) >= 11 is 7.31. The number of thiocarbonyl (C=S) groups is 1. The van der Waals surface area contributed by atoms with Gasteiger partial charge >= 0.3 is 0 Å². The molecule has 5 heteroatoms. The first kappa shape index (κ1) is 13.2. The lowest BCUT2D eigenvalue weighted by atomic mass is 10.2. The number of halogens is 1. The van der Waals surface area contributed by atoms with Crippen molar-refractivity contribution in [2.75, 3.05) is 5.32 Å². The molecule has 0 aliphatic heterocycles. The van der Waals surface area contributed by atoms with Gasteiger partial charge in [-0.25, -0.2) is 4.98 Å². The summed E-state index contributed by atoms with van der Waals surface area (Å²) < 4.78 is 1.12. The summed E-state index contributed by atoms with van der Waals surface area (Å²) in [5, 5.41) is 3.28. The fraction of sp³-hybridized carbons (Fsp3) is 0.0769. The maximum atomic E-state index is 5.71. The number of nitrogens with one attached hydrogen (secondary N) is 1. The number of benzene rings is 1. The Bertz CT molecular complexity index is 599. The van der Waals surface area contributed by atoms with Crippen molar-refractivity contribution in [2.45, 2.75) is 6.92 Å². The molecule has 1 aromatic heterocycles. The predicted molar refractivity (Wildman–Crippen MR) is 87.3 cm³/mol. The van der Waals surface area contributed by atoms with Crippen molar-refractivity contribution in [3.8, 4) is 0 Å². The maximum Gasteiger partial charge on any atom is 0.140 e. The Morgan fingerprint density at radius 1 is 1.28 bits per heavy atom. The lowest BCUT2D eigenvalue weighted by molar-refractivity contribution is 1.19. The van der Waals surface area contributed by atoms with Crippen LogP contribution in [0.3, 0.4) is 0 Å². The van der Waals surface area contributed by atoms with Gasteiger partial charge < -0.3 is 11.1 Å². The number of aryl methyl sites for hydroxylation is 1. The van der Waals surface area contributed by atoms with Gasteiger partial charge in [0.05, 0.1) is 11.3 Å². The average molecular weight is 369 g/mol. The van der Waals surface area contributed by atoms with Gasteiger partial charge in [-0.2, -0.15) is 0 Å². The van der Waals surface area contributed by atoms with Crippen LogP contribution in [0.2, 0.25) is 0 Å². The summed E-state index contributed by atoms with van der Waals surface area (Å²) in [5.74, 6) is 0.701. The Balaban J connectivity index is 2.42. The van der Waals surface area contributed by atoms with Gasteiger partial charge in [-0.1, -0.05) is 24.4 Å². The highest BCUT2D eigenvalue weighted by Crippen LogP contribution is 2.23. The summed E-state index contributed by atoms with van der Waals surface area (Å²) in [6, 6.07) is 11.8. The normalized spacial score (nSPS) is 10.1. The fourth-order valence-corrected chi connectivity index (χ4v) is 2.23. The molecule has 0 amide bonds. The highest BCUT2D eigenvalue weighted by molar-refractivity contribution is 14.1.